The summed E-state index contributed by atoms with van der Waals surface area (Å²) in [6, 6.07) is 15.4. The van der Waals surface area contributed by atoms with Crippen LogP contribution >= 0.6 is 11.3 Å². The van der Waals surface area contributed by atoms with Gasteiger partial charge in [-0.3, -0.25) is 4.72 Å². The predicted molar refractivity (Wildman–Crippen MR) is 146 cm³/mol. The molecule has 41 heavy (non-hydrogen) atoms. The van der Waals surface area contributed by atoms with Gasteiger partial charge in [-0.15, -0.1) is 13.2 Å². The molecule has 7 nitrogen and oxygen atoms in total. The number of ether oxygens (including phenoxy) is 1. The molecule has 0 aliphatic carbocycles. The molecule has 2 N–H and O–H groups in total. The molecule has 2 aromatic carbocycles. The number of benzene rings is 2. The van der Waals surface area contributed by atoms with Crippen molar-refractivity contribution in [2.45, 2.75) is 42.9 Å². The number of pyridine rings is 1. The van der Waals surface area contributed by atoms with Gasteiger partial charge in [0.2, 0.25) is 5.88 Å². The highest BCUT2D eigenvalue weighted by Gasteiger charge is 2.36. The van der Waals surface area contributed by atoms with Crippen LogP contribution in [-0.2, 0) is 15.9 Å². The first-order valence-electron chi connectivity index (χ1n) is 12.5. The topological polar surface area (TPSA) is 93.2 Å². The first-order valence-corrected chi connectivity index (χ1v) is 14.8. The van der Waals surface area contributed by atoms with E-state index >= 15 is 8.78 Å². The van der Waals surface area contributed by atoms with E-state index in [0.717, 1.165) is 17.4 Å². The molecule has 0 fully saturated rings. The van der Waals surface area contributed by atoms with Crippen molar-refractivity contribution in [1.29, 1.82) is 0 Å². The zero-order valence-corrected chi connectivity index (χ0v) is 22.8. The van der Waals surface area contributed by atoms with Gasteiger partial charge in [-0.2, -0.15) is 0 Å². The van der Waals surface area contributed by atoms with E-state index in [1.54, 1.807) is 12.1 Å². The number of rotatable bonds is 2. The van der Waals surface area contributed by atoms with Crippen LogP contribution < -0.4 is 14.8 Å². The molecule has 2 aromatic heterocycles. The molecule has 0 saturated carbocycles. The van der Waals surface area contributed by atoms with Crippen molar-refractivity contribution in [2.24, 2.45) is 0 Å². The van der Waals surface area contributed by atoms with Crippen LogP contribution in [0.2, 0.25) is 0 Å². The molecular weight excluding hydrogens is 587 g/mol. The Labute approximate surface area is 236 Å². The highest BCUT2D eigenvalue weighted by Crippen LogP contribution is 2.45. The normalized spacial score (nSPS) is 16.9. The van der Waals surface area contributed by atoms with Crippen molar-refractivity contribution >= 4 is 32.2 Å². The first-order chi connectivity index (χ1) is 19.4. The fourth-order valence-corrected chi connectivity index (χ4v) is 6.64. The number of sulfonamides is 1. The van der Waals surface area contributed by atoms with Gasteiger partial charge in [0.1, 0.15) is 0 Å². The average molecular weight is 611 g/mol. The molecule has 216 valence electrons. The molecule has 0 spiro atoms. The minimum Gasteiger partial charge on any atom is -0.388 e. The van der Waals surface area contributed by atoms with Crippen molar-refractivity contribution in [3.05, 3.63) is 72.3 Å². The second-order valence-electron chi connectivity index (χ2n) is 9.23. The monoisotopic (exact) mass is 610 g/mol. The molecule has 3 heterocycles. The number of thiazole rings is 1. The number of halogens is 5. The lowest BCUT2D eigenvalue weighted by Gasteiger charge is -2.20. The quantitative estimate of drug-likeness (QED) is 0.227. The van der Waals surface area contributed by atoms with Crippen LogP contribution in [0.3, 0.4) is 0 Å². The molecule has 5 rings (SSSR count). The third-order valence-electron chi connectivity index (χ3n) is 6.24. The number of aromatic nitrogens is 2. The second-order valence-corrected chi connectivity index (χ2v) is 11.9. The second kappa shape index (κ2) is 11.2. The lowest BCUT2D eigenvalue weighted by atomic mass is 9.94. The summed E-state index contributed by atoms with van der Waals surface area (Å²) < 4.78 is 103. The maximum absolute atomic E-state index is 15.6. The summed E-state index contributed by atoms with van der Waals surface area (Å²) in [6.07, 6.45) is -4.12. The average Bonchev–Trinajstić information content (AvgIpc) is 3.32. The highest BCUT2D eigenvalue weighted by atomic mass is 32.2. The Morgan fingerprint density at radius 3 is 2.51 bits per heavy atom. The molecule has 0 amide bonds. The minimum atomic E-state index is -5.01. The SMILES string of the molecule is O=S1(=O)Nc2nc(c(-c3cccc(OC(F)(F)F)n3)s2)-c2ccccc2C(F)(F)CCCCCNc2cccc1c2. The summed E-state index contributed by atoms with van der Waals surface area (Å²) in [5, 5.41) is 2.93. The van der Waals surface area contributed by atoms with Gasteiger partial charge in [0.25, 0.3) is 15.9 Å². The third kappa shape index (κ3) is 6.76. The third-order valence-corrected chi connectivity index (χ3v) is 8.70. The van der Waals surface area contributed by atoms with Crippen LogP contribution in [0.5, 0.6) is 5.88 Å². The lowest BCUT2D eigenvalue weighted by molar-refractivity contribution is -0.276. The van der Waals surface area contributed by atoms with Gasteiger partial charge in [-0.25, -0.2) is 27.2 Å². The molecule has 1 aliphatic heterocycles. The van der Waals surface area contributed by atoms with Gasteiger partial charge < -0.3 is 10.1 Å². The summed E-state index contributed by atoms with van der Waals surface area (Å²) in [6.45, 7) is 0.474. The smallest absolute Gasteiger partial charge is 0.388 e. The number of fused-ring (bicyclic) bond motifs is 6. The number of anilines is 2. The summed E-state index contributed by atoms with van der Waals surface area (Å²) in [7, 11) is -4.18. The number of alkyl halides is 5. The molecule has 0 unspecified atom stereocenters. The first kappa shape index (κ1) is 28.7. The van der Waals surface area contributed by atoms with Gasteiger partial charge in [-0.05, 0) is 37.1 Å². The van der Waals surface area contributed by atoms with Crippen LogP contribution in [-0.4, -0.2) is 31.3 Å². The molecule has 1 aliphatic rings. The van der Waals surface area contributed by atoms with Gasteiger partial charge in [0.05, 0.1) is 21.2 Å². The van der Waals surface area contributed by atoms with E-state index in [2.05, 4.69) is 24.7 Å². The Kier molecular flexibility index (Phi) is 7.88. The molecule has 0 saturated heterocycles. The van der Waals surface area contributed by atoms with E-state index in [9.17, 15) is 21.6 Å². The van der Waals surface area contributed by atoms with E-state index in [1.165, 1.54) is 48.5 Å². The van der Waals surface area contributed by atoms with E-state index in [0.29, 0.717) is 25.1 Å². The van der Waals surface area contributed by atoms with Gasteiger partial charge in [-0.1, -0.05) is 54.2 Å². The number of hydrogen-bond donors (Lipinski definition) is 2. The molecule has 14 heteroatoms. The number of nitrogens with one attached hydrogen (secondary N) is 2. The zero-order valence-electron chi connectivity index (χ0n) is 21.2. The largest absolute Gasteiger partial charge is 0.574 e. The molecule has 4 aromatic rings. The Balaban J connectivity index is 1.68. The number of hydrogen-bond acceptors (Lipinski definition) is 7. The van der Waals surface area contributed by atoms with E-state index in [1.807, 2.05) is 0 Å². The summed E-state index contributed by atoms with van der Waals surface area (Å²) in [5.74, 6) is -4.03. The molecular formula is C27H23F5N4O3S2. The predicted octanol–water partition coefficient (Wildman–Crippen LogP) is 7.65. The zero-order chi connectivity index (χ0) is 29.3. The number of nitrogens with zero attached hydrogens (tertiary/aromatic N) is 2. The van der Waals surface area contributed by atoms with Crippen LogP contribution in [0.25, 0.3) is 21.8 Å². The van der Waals surface area contributed by atoms with Crippen LogP contribution in [0.1, 0.15) is 31.2 Å². The van der Waals surface area contributed by atoms with E-state index in [4.69, 9.17) is 0 Å². The van der Waals surface area contributed by atoms with Gasteiger partial charge in [0, 0.05) is 35.8 Å². The van der Waals surface area contributed by atoms with Gasteiger partial charge >= 0.3 is 6.36 Å². The highest BCUT2D eigenvalue weighted by molar-refractivity contribution is 7.93. The Hall–Kier alpha value is -3.78. The van der Waals surface area contributed by atoms with Crippen LogP contribution in [0, 0.1) is 0 Å². The van der Waals surface area contributed by atoms with Crippen molar-refractivity contribution < 1.29 is 35.1 Å². The van der Waals surface area contributed by atoms with Crippen molar-refractivity contribution in [3.63, 3.8) is 0 Å². The summed E-state index contributed by atoms with van der Waals surface area (Å²) in [5.41, 5.74) is 0.0905. The lowest BCUT2D eigenvalue weighted by Crippen LogP contribution is -2.18. The summed E-state index contributed by atoms with van der Waals surface area (Å²) >= 11 is 0.753. The Bertz CT molecular complexity index is 1660. The Morgan fingerprint density at radius 2 is 1.71 bits per heavy atom. The van der Waals surface area contributed by atoms with Crippen LogP contribution in [0.15, 0.2) is 71.6 Å². The van der Waals surface area contributed by atoms with Gasteiger partial charge in [0.15, 0.2) is 5.13 Å². The van der Waals surface area contributed by atoms with Crippen molar-refractivity contribution in [3.8, 4) is 27.7 Å². The van der Waals surface area contributed by atoms with Crippen molar-refractivity contribution in [1.82, 2.24) is 9.97 Å². The Morgan fingerprint density at radius 1 is 0.927 bits per heavy atom. The molecule has 0 atom stereocenters. The maximum Gasteiger partial charge on any atom is 0.574 e. The fourth-order valence-electron chi connectivity index (χ4n) is 4.41. The van der Waals surface area contributed by atoms with E-state index < -0.39 is 34.6 Å². The standard InChI is InChI=1S/C27H23F5N4O3S2/c28-26(29)14-4-1-5-15-33-17-8-6-9-18(16-17)41(37,38)36-25-35-23(19-10-2-3-11-20(19)26)24(40-25)21-12-7-13-22(34-21)39-27(30,31)32/h2-3,6-13,16,33H,1,4-5,14-15H2,(H,35,36). The molecule has 0 radical (unpaired) electrons. The fraction of sp³-hybridized carbons (Fsp3) is 0.259. The summed E-state index contributed by atoms with van der Waals surface area (Å²) in [4.78, 5) is 8.29. The molecule has 4 bridgehead atoms. The van der Waals surface area contributed by atoms with Crippen LogP contribution in [0.4, 0.5) is 32.8 Å². The maximum atomic E-state index is 15.6. The van der Waals surface area contributed by atoms with Crippen molar-refractivity contribution in [2.75, 3.05) is 16.6 Å². The minimum absolute atomic E-state index is 0.00567. The van der Waals surface area contributed by atoms with E-state index in [-0.39, 0.29) is 43.8 Å².